The van der Waals surface area contributed by atoms with Gasteiger partial charge in [-0.05, 0) is 48.4 Å². The molecule has 0 aliphatic carbocycles. The van der Waals surface area contributed by atoms with Crippen molar-refractivity contribution < 1.29 is 19.2 Å². The van der Waals surface area contributed by atoms with Crippen molar-refractivity contribution >= 4 is 23.2 Å². The van der Waals surface area contributed by atoms with Gasteiger partial charge in [0, 0.05) is 0 Å². The van der Waals surface area contributed by atoms with Crippen LogP contribution in [0.5, 0.6) is 5.75 Å². The Balaban J connectivity index is 1.60. The number of carbonyl (C=O) groups is 2. The second-order valence-electron chi connectivity index (χ2n) is 7.73. The molecule has 2 aliphatic heterocycles. The van der Waals surface area contributed by atoms with E-state index < -0.39 is 18.1 Å². The van der Waals surface area contributed by atoms with Gasteiger partial charge in [-0.25, -0.2) is 9.96 Å². The first kappa shape index (κ1) is 19.3. The Labute approximate surface area is 180 Å². The van der Waals surface area contributed by atoms with Gasteiger partial charge in [0.05, 0.1) is 24.5 Å². The van der Waals surface area contributed by atoms with E-state index in [0.717, 1.165) is 22.6 Å². The monoisotopic (exact) mass is 414 g/mol. The molecule has 0 N–H and O–H groups in total. The zero-order valence-corrected chi connectivity index (χ0v) is 17.3. The van der Waals surface area contributed by atoms with Crippen molar-refractivity contribution in [2.45, 2.75) is 19.1 Å². The number of nitrogens with zero attached hydrogens (tertiary/aromatic N) is 2. The van der Waals surface area contributed by atoms with Crippen LogP contribution in [0.15, 0.2) is 78.9 Å². The highest BCUT2D eigenvalue weighted by molar-refractivity contribution is 6.23. The number of methoxy groups -OCH3 is 1. The number of hydrogen-bond donors (Lipinski definition) is 0. The third-order valence-electron chi connectivity index (χ3n) is 5.94. The third-order valence-corrected chi connectivity index (χ3v) is 5.94. The number of imide groups is 1. The molecule has 6 nitrogen and oxygen atoms in total. The van der Waals surface area contributed by atoms with E-state index in [1.807, 2.05) is 73.7 Å². The summed E-state index contributed by atoms with van der Waals surface area (Å²) in [4.78, 5) is 34.3. The molecule has 3 atom stereocenters. The maximum Gasteiger partial charge on any atom is 0.266 e. The average Bonchev–Trinajstić information content (AvgIpc) is 3.30. The molecule has 6 heteroatoms. The van der Waals surface area contributed by atoms with Crippen LogP contribution in [0.2, 0.25) is 0 Å². The summed E-state index contributed by atoms with van der Waals surface area (Å²) in [6.07, 6.45) is -0.876. The van der Waals surface area contributed by atoms with Gasteiger partial charge in [0.1, 0.15) is 11.7 Å². The molecule has 156 valence electrons. The summed E-state index contributed by atoms with van der Waals surface area (Å²) in [7, 11) is 1.61. The summed E-state index contributed by atoms with van der Waals surface area (Å²) in [5, 5.41) is 1.73. The molecule has 31 heavy (non-hydrogen) atoms. The molecule has 2 amide bonds. The van der Waals surface area contributed by atoms with Gasteiger partial charge in [-0.3, -0.25) is 14.4 Å². The van der Waals surface area contributed by atoms with E-state index in [1.165, 1.54) is 4.90 Å². The first-order valence-electron chi connectivity index (χ1n) is 10.2. The maximum atomic E-state index is 13.5. The lowest BCUT2D eigenvalue weighted by Gasteiger charge is -2.29. The second kappa shape index (κ2) is 7.56. The minimum absolute atomic E-state index is 0.252. The Morgan fingerprint density at radius 3 is 2.19 bits per heavy atom. The maximum absolute atomic E-state index is 13.5. The van der Waals surface area contributed by atoms with Gasteiger partial charge in [0.2, 0.25) is 5.91 Å². The number of rotatable bonds is 4. The molecule has 0 bridgehead atoms. The number of hydrogen-bond acceptors (Lipinski definition) is 5. The van der Waals surface area contributed by atoms with Crippen molar-refractivity contribution in [3.8, 4) is 5.75 Å². The van der Waals surface area contributed by atoms with Gasteiger partial charge in [0.15, 0.2) is 6.10 Å². The van der Waals surface area contributed by atoms with E-state index in [4.69, 9.17) is 9.57 Å². The minimum Gasteiger partial charge on any atom is -0.497 e. The first-order valence-corrected chi connectivity index (χ1v) is 10.2. The quantitative estimate of drug-likeness (QED) is 0.603. The summed E-state index contributed by atoms with van der Waals surface area (Å²) in [6.45, 7) is 1.98. The average molecular weight is 414 g/mol. The Hall–Kier alpha value is -3.64. The fourth-order valence-corrected chi connectivity index (χ4v) is 4.41. The van der Waals surface area contributed by atoms with Crippen LogP contribution in [-0.4, -0.2) is 25.0 Å². The summed E-state index contributed by atoms with van der Waals surface area (Å²) >= 11 is 0. The van der Waals surface area contributed by atoms with Crippen molar-refractivity contribution in [3.63, 3.8) is 0 Å². The lowest BCUT2D eigenvalue weighted by Crippen LogP contribution is -2.37. The van der Waals surface area contributed by atoms with Gasteiger partial charge in [-0.15, -0.1) is 0 Å². The number of ether oxygens (including phenoxy) is 1. The van der Waals surface area contributed by atoms with Gasteiger partial charge in [-0.1, -0.05) is 48.5 Å². The summed E-state index contributed by atoms with van der Waals surface area (Å²) < 4.78 is 5.29. The lowest BCUT2D eigenvalue weighted by molar-refractivity contribution is -0.126. The number of anilines is 2. The topological polar surface area (TPSA) is 59.1 Å². The van der Waals surface area contributed by atoms with E-state index in [1.54, 1.807) is 24.3 Å². The molecule has 2 aliphatic rings. The number of aryl methyl sites for hydroxylation is 1. The molecule has 3 aromatic rings. The molecule has 0 aromatic heterocycles. The highest BCUT2D eigenvalue weighted by Gasteiger charge is 2.60. The zero-order chi connectivity index (χ0) is 21.5. The number of para-hydroxylation sites is 2. The second-order valence-corrected chi connectivity index (χ2v) is 7.73. The number of benzene rings is 3. The first-order chi connectivity index (χ1) is 15.1. The fraction of sp³-hybridized carbons (Fsp3) is 0.200. The zero-order valence-electron chi connectivity index (χ0n) is 17.3. The molecular formula is C25H22N2O4. The van der Waals surface area contributed by atoms with Crippen molar-refractivity contribution in [1.29, 1.82) is 0 Å². The van der Waals surface area contributed by atoms with E-state index in [9.17, 15) is 9.59 Å². The Morgan fingerprint density at radius 1 is 0.839 bits per heavy atom. The molecule has 5 rings (SSSR count). The standard InChI is InChI=1S/C25H22N2O4/c1-16-8-6-7-11-20(16)27-22(17-12-14-19(30-2)15-13-17)21-23(31-27)25(29)26(24(21)28)18-9-4-3-5-10-18/h3-15,21-23H,1-2H3/t21-,22+,23-/m0/s1. The molecule has 2 saturated heterocycles. The van der Waals surface area contributed by atoms with Gasteiger partial charge in [-0.2, -0.15) is 0 Å². The van der Waals surface area contributed by atoms with E-state index >= 15 is 0 Å². The number of amides is 2. The molecule has 0 spiro atoms. The molecule has 2 heterocycles. The summed E-state index contributed by atoms with van der Waals surface area (Å²) in [5.74, 6) is -0.518. The highest BCUT2D eigenvalue weighted by atomic mass is 16.7. The van der Waals surface area contributed by atoms with Crippen LogP contribution >= 0.6 is 0 Å². The number of hydroxylamine groups is 1. The molecule has 0 radical (unpaired) electrons. The Kier molecular flexibility index (Phi) is 4.71. The molecule has 3 aromatic carbocycles. The van der Waals surface area contributed by atoms with Gasteiger partial charge < -0.3 is 4.74 Å². The van der Waals surface area contributed by atoms with Gasteiger partial charge in [0.25, 0.3) is 5.91 Å². The van der Waals surface area contributed by atoms with Crippen LogP contribution in [0.25, 0.3) is 0 Å². The van der Waals surface area contributed by atoms with E-state index in [2.05, 4.69) is 0 Å². The van der Waals surface area contributed by atoms with E-state index in [0.29, 0.717) is 5.69 Å². The predicted octanol–water partition coefficient (Wildman–Crippen LogP) is 4.05. The largest absolute Gasteiger partial charge is 0.497 e. The highest BCUT2D eigenvalue weighted by Crippen LogP contribution is 2.48. The van der Waals surface area contributed by atoms with Crippen LogP contribution in [0.1, 0.15) is 17.2 Å². The van der Waals surface area contributed by atoms with Crippen molar-refractivity contribution in [1.82, 2.24) is 0 Å². The lowest BCUT2D eigenvalue weighted by atomic mass is 9.90. The van der Waals surface area contributed by atoms with E-state index in [-0.39, 0.29) is 11.8 Å². The van der Waals surface area contributed by atoms with Crippen LogP contribution in [0.3, 0.4) is 0 Å². The normalized spacial score (nSPS) is 22.7. The van der Waals surface area contributed by atoms with Crippen molar-refractivity contribution in [3.05, 3.63) is 90.0 Å². The minimum atomic E-state index is -0.876. The Bertz CT molecular complexity index is 1130. The summed E-state index contributed by atoms with van der Waals surface area (Å²) in [5.41, 5.74) is 3.28. The van der Waals surface area contributed by atoms with Gasteiger partial charge >= 0.3 is 0 Å². The molecule has 0 saturated carbocycles. The summed E-state index contributed by atoms with van der Waals surface area (Å²) in [6, 6.07) is 23.9. The number of carbonyl (C=O) groups excluding carboxylic acids is 2. The fourth-order valence-electron chi connectivity index (χ4n) is 4.41. The molecule has 0 unspecified atom stereocenters. The van der Waals surface area contributed by atoms with Crippen molar-refractivity contribution in [2.24, 2.45) is 5.92 Å². The van der Waals surface area contributed by atoms with Crippen LogP contribution in [0, 0.1) is 12.8 Å². The molecule has 2 fully saturated rings. The van der Waals surface area contributed by atoms with Crippen molar-refractivity contribution in [2.75, 3.05) is 17.1 Å². The molecular weight excluding hydrogens is 392 g/mol. The van der Waals surface area contributed by atoms with Crippen LogP contribution in [-0.2, 0) is 14.4 Å². The third kappa shape index (κ3) is 3.07. The smallest absolute Gasteiger partial charge is 0.266 e. The number of fused-ring (bicyclic) bond motifs is 1. The SMILES string of the molecule is COc1ccc([C@@H]2[C@@H]3C(=O)N(c4ccccc4)C(=O)[C@H]3ON2c2ccccc2C)cc1. The van der Waals surface area contributed by atoms with Crippen LogP contribution in [0.4, 0.5) is 11.4 Å². The van der Waals surface area contributed by atoms with Crippen LogP contribution < -0.4 is 14.7 Å². The predicted molar refractivity (Wildman–Crippen MR) is 117 cm³/mol. The Morgan fingerprint density at radius 2 is 1.52 bits per heavy atom.